The molecule has 0 bridgehead atoms. The van der Waals surface area contributed by atoms with Gasteiger partial charge >= 0.3 is 5.97 Å². The van der Waals surface area contributed by atoms with Crippen LogP contribution in [0.1, 0.15) is 52.7 Å². The zero-order valence-corrected chi connectivity index (χ0v) is 16.1. The molecule has 3 aliphatic rings. The summed E-state index contributed by atoms with van der Waals surface area (Å²) in [6.07, 6.45) is 5.52. The average Bonchev–Trinajstić information content (AvgIpc) is 3.28. The average molecular weight is 378 g/mol. The number of piperidine rings is 1. The van der Waals surface area contributed by atoms with Gasteiger partial charge in [-0.15, -0.1) is 11.3 Å². The molecule has 2 saturated heterocycles. The van der Waals surface area contributed by atoms with Crippen molar-refractivity contribution in [2.45, 2.75) is 51.6 Å². The van der Waals surface area contributed by atoms with E-state index in [0.29, 0.717) is 32.0 Å². The first-order chi connectivity index (χ1) is 12.5. The van der Waals surface area contributed by atoms with Crippen LogP contribution in [-0.2, 0) is 22.4 Å². The Kier molecular flexibility index (Phi) is 5.06. The van der Waals surface area contributed by atoms with E-state index in [9.17, 15) is 14.7 Å². The summed E-state index contributed by atoms with van der Waals surface area (Å²) in [5.74, 6) is -0.0141. The number of ether oxygens (including phenoxy) is 1. The second-order valence-corrected chi connectivity index (χ2v) is 9.24. The highest BCUT2D eigenvalue weighted by molar-refractivity contribution is 7.14. The van der Waals surface area contributed by atoms with Crippen LogP contribution in [0.15, 0.2) is 6.07 Å². The number of carbonyl (C=O) groups is 2. The molecule has 0 spiro atoms. The number of nitrogens with zero attached hydrogens (tertiary/aromatic N) is 1. The summed E-state index contributed by atoms with van der Waals surface area (Å²) in [7, 11) is 0. The fourth-order valence-electron chi connectivity index (χ4n) is 4.74. The van der Waals surface area contributed by atoms with E-state index in [4.69, 9.17) is 4.74 Å². The Bertz CT molecular complexity index is 692. The van der Waals surface area contributed by atoms with Crippen molar-refractivity contribution in [3.8, 4) is 0 Å². The molecule has 5 nitrogen and oxygen atoms in total. The monoisotopic (exact) mass is 377 g/mol. The Labute approximate surface area is 158 Å². The Hall–Kier alpha value is -1.40. The van der Waals surface area contributed by atoms with E-state index in [2.05, 4.69) is 13.0 Å². The van der Waals surface area contributed by atoms with Gasteiger partial charge in [0.05, 0.1) is 16.9 Å². The lowest BCUT2D eigenvalue weighted by atomic mass is 9.84. The van der Waals surface area contributed by atoms with Gasteiger partial charge in [0.25, 0.3) is 5.91 Å². The fourth-order valence-corrected chi connectivity index (χ4v) is 5.91. The highest BCUT2D eigenvalue weighted by atomic mass is 32.1. The molecular formula is C20H27NO4S. The molecule has 1 aliphatic carbocycles. The summed E-state index contributed by atoms with van der Waals surface area (Å²) < 4.78 is 5.73. The number of aryl methyl sites for hydroxylation is 1. The number of amides is 1. The SMILES string of the molecule is CC1CCc2sc(C(=O)N3CCC([C@@H]4OCCC4C(=O)O)CC3)cc2C1. The normalized spacial score (nSPS) is 29.6. The van der Waals surface area contributed by atoms with Crippen molar-refractivity contribution in [3.63, 3.8) is 0 Å². The van der Waals surface area contributed by atoms with Crippen LogP contribution in [0.3, 0.4) is 0 Å². The molecule has 2 aliphatic heterocycles. The highest BCUT2D eigenvalue weighted by Crippen LogP contribution is 2.35. The number of carbonyl (C=O) groups excluding carboxylic acids is 1. The van der Waals surface area contributed by atoms with Gasteiger partial charge in [0, 0.05) is 24.6 Å². The summed E-state index contributed by atoms with van der Waals surface area (Å²) >= 11 is 1.68. The smallest absolute Gasteiger partial charge is 0.309 e. The second kappa shape index (κ2) is 7.31. The summed E-state index contributed by atoms with van der Waals surface area (Å²) in [5.41, 5.74) is 1.37. The van der Waals surface area contributed by atoms with Crippen LogP contribution in [-0.4, -0.2) is 47.7 Å². The summed E-state index contributed by atoms with van der Waals surface area (Å²) in [5, 5.41) is 9.36. The summed E-state index contributed by atoms with van der Waals surface area (Å²) in [6, 6.07) is 2.12. The van der Waals surface area contributed by atoms with Gasteiger partial charge in [0.1, 0.15) is 0 Å². The molecule has 1 N–H and O–H groups in total. The number of carboxylic acids is 1. The third-order valence-electron chi connectivity index (χ3n) is 6.28. The number of thiophene rings is 1. The van der Waals surface area contributed by atoms with Crippen molar-refractivity contribution in [3.05, 3.63) is 21.4 Å². The molecule has 142 valence electrons. The van der Waals surface area contributed by atoms with Gasteiger partial charge in [-0.1, -0.05) is 6.92 Å². The lowest BCUT2D eigenvalue weighted by Crippen LogP contribution is -2.43. The van der Waals surface area contributed by atoms with Gasteiger partial charge in [0.15, 0.2) is 0 Å². The molecule has 0 aromatic carbocycles. The van der Waals surface area contributed by atoms with Crippen molar-refractivity contribution in [1.82, 2.24) is 4.90 Å². The van der Waals surface area contributed by atoms with E-state index in [1.54, 1.807) is 11.3 Å². The van der Waals surface area contributed by atoms with E-state index in [1.807, 2.05) is 4.90 Å². The van der Waals surface area contributed by atoms with E-state index >= 15 is 0 Å². The third kappa shape index (κ3) is 3.41. The van der Waals surface area contributed by atoms with Gasteiger partial charge in [-0.2, -0.15) is 0 Å². The van der Waals surface area contributed by atoms with Crippen molar-refractivity contribution in [2.75, 3.05) is 19.7 Å². The lowest BCUT2D eigenvalue weighted by molar-refractivity contribution is -0.145. The minimum absolute atomic E-state index is 0.151. The van der Waals surface area contributed by atoms with Gasteiger partial charge in [0.2, 0.25) is 0 Å². The van der Waals surface area contributed by atoms with Crippen molar-refractivity contribution >= 4 is 23.2 Å². The molecule has 2 unspecified atom stereocenters. The first-order valence-corrected chi connectivity index (χ1v) is 10.6. The number of aliphatic carboxylic acids is 1. The zero-order chi connectivity index (χ0) is 18.3. The molecule has 26 heavy (non-hydrogen) atoms. The fraction of sp³-hybridized carbons (Fsp3) is 0.700. The molecule has 4 rings (SSSR count). The second-order valence-electron chi connectivity index (χ2n) is 8.11. The maximum absolute atomic E-state index is 12.9. The zero-order valence-electron chi connectivity index (χ0n) is 15.3. The predicted molar refractivity (Wildman–Crippen MR) is 99.6 cm³/mol. The minimum Gasteiger partial charge on any atom is -0.481 e. The first kappa shape index (κ1) is 18.0. The molecular weight excluding hydrogens is 350 g/mol. The van der Waals surface area contributed by atoms with Gasteiger partial charge in [-0.25, -0.2) is 0 Å². The van der Waals surface area contributed by atoms with Crippen LogP contribution in [0.5, 0.6) is 0 Å². The van der Waals surface area contributed by atoms with Crippen molar-refractivity contribution < 1.29 is 19.4 Å². The largest absolute Gasteiger partial charge is 0.481 e. The Morgan fingerprint density at radius 1 is 1.23 bits per heavy atom. The van der Waals surface area contributed by atoms with E-state index in [-0.39, 0.29) is 23.8 Å². The molecule has 0 saturated carbocycles. The van der Waals surface area contributed by atoms with Crippen LogP contribution in [0, 0.1) is 17.8 Å². The van der Waals surface area contributed by atoms with E-state index in [1.165, 1.54) is 16.9 Å². The number of fused-ring (bicyclic) bond motifs is 1. The number of likely N-dealkylation sites (tertiary alicyclic amines) is 1. The number of hydrogen-bond donors (Lipinski definition) is 1. The Balaban J connectivity index is 1.37. The van der Waals surface area contributed by atoms with Gasteiger partial charge < -0.3 is 14.7 Å². The van der Waals surface area contributed by atoms with Crippen molar-refractivity contribution in [1.29, 1.82) is 0 Å². The van der Waals surface area contributed by atoms with Gasteiger partial charge in [-0.3, -0.25) is 9.59 Å². The van der Waals surface area contributed by atoms with Crippen LogP contribution < -0.4 is 0 Å². The molecule has 1 aromatic heterocycles. The lowest BCUT2D eigenvalue weighted by Gasteiger charge is -2.35. The van der Waals surface area contributed by atoms with Crippen LogP contribution in [0.2, 0.25) is 0 Å². The molecule has 1 aromatic rings. The standard InChI is InChI=1S/C20H27NO4S/c1-12-2-3-16-14(10-12)11-17(26-16)19(22)21-7-4-13(5-8-21)18-15(20(23)24)6-9-25-18/h11-13,15,18H,2-10H2,1H3,(H,23,24)/t12?,15?,18-/m0/s1. The minimum atomic E-state index is -0.746. The Morgan fingerprint density at radius 2 is 2.00 bits per heavy atom. The van der Waals surface area contributed by atoms with Crippen molar-refractivity contribution in [2.24, 2.45) is 17.8 Å². The van der Waals surface area contributed by atoms with Crippen LogP contribution in [0.25, 0.3) is 0 Å². The van der Waals surface area contributed by atoms with Gasteiger partial charge in [-0.05, 0) is 62.0 Å². The maximum Gasteiger partial charge on any atom is 0.309 e. The number of carboxylic acid groups (broad SMARTS) is 1. The quantitative estimate of drug-likeness (QED) is 0.878. The first-order valence-electron chi connectivity index (χ1n) is 9.78. The molecule has 1 amide bonds. The molecule has 0 radical (unpaired) electrons. The molecule has 2 fully saturated rings. The predicted octanol–water partition coefficient (Wildman–Crippen LogP) is 3.21. The maximum atomic E-state index is 12.9. The Morgan fingerprint density at radius 3 is 2.73 bits per heavy atom. The topological polar surface area (TPSA) is 66.8 Å². The molecule has 3 heterocycles. The third-order valence-corrected chi connectivity index (χ3v) is 7.51. The highest BCUT2D eigenvalue weighted by Gasteiger charge is 2.41. The van der Waals surface area contributed by atoms with Crippen LogP contribution in [0.4, 0.5) is 0 Å². The molecule has 6 heteroatoms. The molecule has 3 atom stereocenters. The number of rotatable bonds is 3. The summed E-state index contributed by atoms with van der Waals surface area (Å²) in [6.45, 7) is 4.23. The van der Waals surface area contributed by atoms with E-state index < -0.39 is 5.97 Å². The van der Waals surface area contributed by atoms with Crippen LogP contribution >= 0.6 is 11.3 Å². The number of hydrogen-bond acceptors (Lipinski definition) is 4. The van der Waals surface area contributed by atoms with E-state index in [0.717, 1.165) is 30.6 Å². The summed E-state index contributed by atoms with van der Waals surface area (Å²) in [4.78, 5) is 28.5.